The lowest BCUT2D eigenvalue weighted by molar-refractivity contribution is -0.144. The molecular weight excluding hydrogens is 154 g/mol. The molecule has 0 bridgehead atoms. The molecule has 0 aromatic rings. The summed E-state index contributed by atoms with van der Waals surface area (Å²) in [5.74, 6) is 0.0470. The standard InChI is InChI=1S/C9H15NO2/c1-3-7-5-4-6-10-8(7)9(11)12-2/h3,7-8,10H,1,4-6H2,2H3. The van der Waals surface area contributed by atoms with Gasteiger partial charge in [-0.1, -0.05) is 6.08 Å². The van der Waals surface area contributed by atoms with Crippen molar-refractivity contribution in [2.24, 2.45) is 5.92 Å². The van der Waals surface area contributed by atoms with Gasteiger partial charge in [-0.3, -0.25) is 4.79 Å². The maximum Gasteiger partial charge on any atom is 0.323 e. The molecule has 1 heterocycles. The molecule has 1 rings (SSSR count). The highest BCUT2D eigenvalue weighted by Gasteiger charge is 2.28. The Morgan fingerprint density at radius 1 is 1.75 bits per heavy atom. The molecular formula is C9H15NO2. The number of nitrogens with one attached hydrogen (secondary N) is 1. The van der Waals surface area contributed by atoms with E-state index in [-0.39, 0.29) is 17.9 Å². The predicted octanol–water partition coefficient (Wildman–Crippen LogP) is 0.714. The van der Waals surface area contributed by atoms with Gasteiger partial charge in [-0.15, -0.1) is 6.58 Å². The van der Waals surface area contributed by atoms with Crippen LogP contribution >= 0.6 is 0 Å². The van der Waals surface area contributed by atoms with Crippen molar-refractivity contribution in [3.8, 4) is 0 Å². The summed E-state index contributed by atoms with van der Waals surface area (Å²) in [6.07, 6.45) is 3.95. The molecule has 0 aromatic carbocycles. The average Bonchev–Trinajstić information content (AvgIpc) is 2.16. The second-order valence-electron chi connectivity index (χ2n) is 3.00. The first-order valence-corrected chi connectivity index (χ1v) is 4.23. The molecule has 2 atom stereocenters. The number of hydrogen-bond acceptors (Lipinski definition) is 3. The highest BCUT2D eigenvalue weighted by molar-refractivity contribution is 5.76. The fourth-order valence-electron chi connectivity index (χ4n) is 1.55. The van der Waals surface area contributed by atoms with Crippen molar-refractivity contribution in [1.29, 1.82) is 0 Å². The fraction of sp³-hybridized carbons (Fsp3) is 0.667. The first kappa shape index (κ1) is 9.26. The summed E-state index contributed by atoms with van der Waals surface area (Å²) < 4.78 is 4.67. The highest BCUT2D eigenvalue weighted by atomic mass is 16.5. The largest absolute Gasteiger partial charge is 0.468 e. The Morgan fingerprint density at radius 2 is 2.50 bits per heavy atom. The molecule has 0 saturated carbocycles. The van der Waals surface area contributed by atoms with Gasteiger partial charge in [0.25, 0.3) is 0 Å². The van der Waals surface area contributed by atoms with Crippen molar-refractivity contribution in [3.63, 3.8) is 0 Å². The third kappa shape index (κ3) is 1.85. The van der Waals surface area contributed by atoms with Gasteiger partial charge in [0.1, 0.15) is 6.04 Å². The van der Waals surface area contributed by atoms with Gasteiger partial charge in [-0.2, -0.15) is 0 Å². The molecule has 0 aliphatic carbocycles. The van der Waals surface area contributed by atoms with Crippen molar-refractivity contribution >= 4 is 5.97 Å². The van der Waals surface area contributed by atoms with Crippen LogP contribution in [0.1, 0.15) is 12.8 Å². The molecule has 0 amide bonds. The Kier molecular flexibility index (Phi) is 3.29. The van der Waals surface area contributed by atoms with E-state index in [1.807, 2.05) is 6.08 Å². The Balaban J connectivity index is 2.58. The zero-order valence-corrected chi connectivity index (χ0v) is 7.38. The minimum absolute atomic E-state index is 0.179. The number of hydrogen-bond donors (Lipinski definition) is 1. The van der Waals surface area contributed by atoms with E-state index in [2.05, 4.69) is 16.6 Å². The van der Waals surface area contributed by atoms with Crippen LogP contribution in [0.5, 0.6) is 0 Å². The lowest BCUT2D eigenvalue weighted by atomic mass is 9.91. The SMILES string of the molecule is C=CC1CCCNC1C(=O)OC. The molecule has 0 radical (unpaired) electrons. The van der Waals surface area contributed by atoms with E-state index in [9.17, 15) is 4.79 Å². The van der Waals surface area contributed by atoms with Gasteiger partial charge >= 0.3 is 5.97 Å². The first-order chi connectivity index (χ1) is 5.79. The van der Waals surface area contributed by atoms with Crippen LogP contribution in [0, 0.1) is 5.92 Å². The molecule has 1 aliphatic heterocycles. The summed E-state index contributed by atoms with van der Waals surface area (Å²) in [7, 11) is 1.42. The van der Waals surface area contributed by atoms with Gasteiger partial charge in [0.15, 0.2) is 0 Å². The molecule has 2 unspecified atom stereocenters. The lowest BCUT2D eigenvalue weighted by Gasteiger charge is -2.28. The average molecular weight is 169 g/mol. The number of ether oxygens (including phenoxy) is 1. The van der Waals surface area contributed by atoms with Crippen LogP contribution in [0.2, 0.25) is 0 Å². The number of rotatable bonds is 2. The maximum absolute atomic E-state index is 11.2. The van der Waals surface area contributed by atoms with Crippen LogP contribution in [0.25, 0.3) is 0 Å². The number of carbonyl (C=O) groups excluding carboxylic acids is 1. The van der Waals surface area contributed by atoms with Crippen molar-refractivity contribution in [2.75, 3.05) is 13.7 Å². The third-order valence-corrected chi connectivity index (χ3v) is 2.26. The predicted molar refractivity (Wildman–Crippen MR) is 46.7 cm³/mol. The van der Waals surface area contributed by atoms with Gasteiger partial charge in [0, 0.05) is 5.92 Å². The molecule has 3 heteroatoms. The second kappa shape index (κ2) is 4.26. The second-order valence-corrected chi connectivity index (χ2v) is 3.00. The van der Waals surface area contributed by atoms with E-state index >= 15 is 0 Å². The molecule has 3 nitrogen and oxygen atoms in total. The Labute approximate surface area is 72.8 Å². The normalized spacial score (nSPS) is 29.4. The topological polar surface area (TPSA) is 38.3 Å². The molecule has 1 aliphatic rings. The summed E-state index contributed by atoms with van der Waals surface area (Å²) in [6.45, 7) is 4.60. The Bertz CT molecular complexity index is 179. The molecule has 0 aromatic heterocycles. The van der Waals surface area contributed by atoms with Gasteiger partial charge < -0.3 is 10.1 Å². The van der Waals surface area contributed by atoms with E-state index in [0.717, 1.165) is 19.4 Å². The molecule has 12 heavy (non-hydrogen) atoms. The smallest absolute Gasteiger partial charge is 0.323 e. The van der Waals surface area contributed by atoms with E-state index in [1.54, 1.807) is 0 Å². The minimum atomic E-state index is -0.181. The summed E-state index contributed by atoms with van der Waals surface area (Å²) >= 11 is 0. The number of methoxy groups -OCH3 is 1. The van der Waals surface area contributed by atoms with Crippen LogP contribution < -0.4 is 5.32 Å². The van der Waals surface area contributed by atoms with Crippen molar-refractivity contribution in [3.05, 3.63) is 12.7 Å². The van der Waals surface area contributed by atoms with Gasteiger partial charge in [0.2, 0.25) is 0 Å². The minimum Gasteiger partial charge on any atom is -0.468 e. The monoisotopic (exact) mass is 169 g/mol. The summed E-state index contributed by atoms with van der Waals surface area (Å²) in [5.41, 5.74) is 0. The number of piperidine rings is 1. The maximum atomic E-state index is 11.2. The Morgan fingerprint density at radius 3 is 3.08 bits per heavy atom. The van der Waals surface area contributed by atoms with E-state index in [1.165, 1.54) is 7.11 Å². The molecule has 1 fully saturated rings. The quantitative estimate of drug-likeness (QED) is 0.489. The highest BCUT2D eigenvalue weighted by Crippen LogP contribution is 2.17. The van der Waals surface area contributed by atoms with E-state index < -0.39 is 0 Å². The third-order valence-electron chi connectivity index (χ3n) is 2.26. The van der Waals surface area contributed by atoms with Crippen molar-refractivity contribution in [2.45, 2.75) is 18.9 Å². The molecule has 68 valence electrons. The zero-order chi connectivity index (χ0) is 8.97. The van der Waals surface area contributed by atoms with Crippen LogP contribution in [0.15, 0.2) is 12.7 Å². The van der Waals surface area contributed by atoms with Crippen LogP contribution in [0.3, 0.4) is 0 Å². The summed E-state index contributed by atoms with van der Waals surface area (Å²) in [4.78, 5) is 11.2. The van der Waals surface area contributed by atoms with Gasteiger partial charge in [-0.25, -0.2) is 0 Å². The van der Waals surface area contributed by atoms with Crippen LogP contribution in [0.4, 0.5) is 0 Å². The van der Waals surface area contributed by atoms with Crippen LogP contribution in [-0.2, 0) is 9.53 Å². The number of esters is 1. The molecule has 1 N–H and O–H groups in total. The summed E-state index contributed by atoms with van der Waals surface area (Å²) in [5, 5.41) is 3.12. The van der Waals surface area contributed by atoms with Gasteiger partial charge in [-0.05, 0) is 19.4 Å². The first-order valence-electron chi connectivity index (χ1n) is 4.23. The lowest BCUT2D eigenvalue weighted by Crippen LogP contribution is -2.46. The number of carbonyl (C=O) groups is 1. The van der Waals surface area contributed by atoms with Crippen molar-refractivity contribution in [1.82, 2.24) is 5.32 Å². The molecule has 1 saturated heterocycles. The summed E-state index contributed by atoms with van der Waals surface area (Å²) in [6, 6.07) is -0.179. The zero-order valence-electron chi connectivity index (χ0n) is 7.38. The Hall–Kier alpha value is -0.830. The van der Waals surface area contributed by atoms with E-state index in [4.69, 9.17) is 0 Å². The molecule has 0 spiro atoms. The fourth-order valence-corrected chi connectivity index (χ4v) is 1.55. The van der Waals surface area contributed by atoms with Crippen molar-refractivity contribution < 1.29 is 9.53 Å². The van der Waals surface area contributed by atoms with Crippen LogP contribution in [-0.4, -0.2) is 25.7 Å². The van der Waals surface area contributed by atoms with E-state index in [0.29, 0.717) is 0 Å². The van der Waals surface area contributed by atoms with Gasteiger partial charge in [0.05, 0.1) is 7.11 Å².